The lowest BCUT2D eigenvalue weighted by molar-refractivity contribution is -0.138. The van der Waals surface area contributed by atoms with E-state index in [1.165, 1.54) is 6.92 Å². The standard InChI is InChI=1S/C9H9F3N2O3/c1-3-17-8(15)7-5(9(10,11)12)4-6(16-2)13-14-7/h4H,3H2,1-2H3. The van der Waals surface area contributed by atoms with E-state index in [1.54, 1.807) is 0 Å². The highest BCUT2D eigenvalue weighted by molar-refractivity contribution is 5.89. The van der Waals surface area contributed by atoms with Gasteiger partial charge in [0.15, 0.2) is 5.69 Å². The summed E-state index contributed by atoms with van der Waals surface area (Å²) in [7, 11) is 1.15. The van der Waals surface area contributed by atoms with Gasteiger partial charge in [-0.3, -0.25) is 0 Å². The Morgan fingerprint density at radius 3 is 2.53 bits per heavy atom. The molecule has 8 heteroatoms. The smallest absolute Gasteiger partial charge is 0.419 e. The van der Waals surface area contributed by atoms with Crippen molar-refractivity contribution < 1.29 is 27.4 Å². The van der Waals surface area contributed by atoms with Crippen molar-refractivity contribution in [1.82, 2.24) is 10.2 Å². The number of nitrogens with zero attached hydrogens (tertiary/aromatic N) is 2. The monoisotopic (exact) mass is 250 g/mol. The van der Waals surface area contributed by atoms with E-state index in [-0.39, 0.29) is 12.5 Å². The molecule has 0 radical (unpaired) electrons. The summed E-state index contributed by atoms with van der Waals surface area (Å²) < 4.78 is 46.9. The number of ether oxygens (including phenoxy) is 2. The van der Waals surface area contributed by atoms with Crippen molar-refractivity contribution in [2.45, 2.75) is 13.1 Å². The van der Waals surface area contributed by atoms with E-state index < -0.39 is 23.4 Å². The Bertz CT molecular complexity index is 420. The number of rotatable bonds is 3. The van der Waals surface area contributed by atoms with Crippen molar-refractivity contribution in [3.63, 3.8) is 0 Å². The molecule has 0 N–H and O–H groups in total. The van der Waals surface area contributed by atoms with Crippen molar-refractivity contribution in [1.29, 1.82) is 0 Å². The molecule has 0 aromatic carbocycles. The first-order chi connectivity index (χ1) is 7.90. The van der Waals surface area contributed by atoms with Crippen LogP contribution in [0, 0.1) is 0 Å². The summed E-state index contributed by atoms with van der Waals surface area (Å²) in [4.78, 5) is 11.2. The van der Waals surface area contributed by atoms with Gasteiger partial charge in [0.1, 0.15) is 0 Å². The molecule has 0 aliphatic rings. The van der Waals surface area contributed by atoms with Gasteiger partial charge in [-0.05, 0) is 6.92 Å². The summed E-state index contributed by atoms with van der Waals surface area (Å²) in [6, 6.07) is 0.596. The summed E-state index contributed by atoms with van der Waals surface area (Å²) in [5.41, 5.74) is -2.11. The number of aromatic nitrogens is 2. The van der Waals surface area contributed by atoms with Gasteiger partial charge in [0.05, 0.1) is 19.3 Å². The molecule has 0 fully saturated rings. The zero-order valence-corrected chi connectivity index (χ0v) is 9.04. The van der Waals surface area contributed by atoms with Crippen LogP contribution in [0.2, 0.25) is 0 Å². The molecular formula is C9H9F3N2O3. The molecule has 0 bridgehead atoms. The van der Waals surface area contributed by atoms with Gasteiger partial charge in [0, 0.05) is 6.07 Å². The largest absolute Gasteiger partial charge is 0.480 e. The topological polar surface area (TPSA) is 61.3 Å². The molecule has 0 aliphatic carbocycles. The Labute approximate surface area is 94.5 Å². The predicted octanol–water partition coefficient (Wildman–Crippen LogP) is 1.68. The average molecular weight is 250 g/mol. The molecule has 0 saturated carbocycles. The van der Waals surface area contributed by atoms with Crippen LogP contribution in [0.1, 0.15) is 23.0 Å². The summed E-state index contributed by atoms with van der Waals surface area (Å²) >= 11 is 0. The number of alkyl halides is 3. The second kappa shape index (κ2) is 4.98. The fourth-order valence-electron chi connectivity index (χ4n) is 1.04. The van der Waals surface area contributed by atoms with Gasteiger partial charge in [-0.25, -0.2) is 4.79 Å². The van der Waals surface area contributed by atoms with Gasteiger partial charge >= 0.3 is 12.1 Å². The first-order valence-corrected chi connectivity index (χ1v) is 4.56. The highest BCUT2D eigenvalue weighted by atomic mass is 19.4. The quantitative estimate of drug-likeness (QED) is 0.764. The van der Waals surface area contributed by atoms with E-state index in [9.17, 15) is 18.0 Å². The number of hydrogen-bond donors (Lipinski definition) is 0. The van der Waals surface area contributed by atoms with Crippen LogP contribution in [0.5, 0.6) is 5.88 Å². The molecule has 1 heterocycles. The van der Waals surface area contributed by atoms with Crippen LogP contribution >= 0.6 is 0 Å². The third kappa shape index (κ3) is 3.05. The molecule has 1 aromatic heterocycles. The van der Waals surface area contributed by atoms with Crippen molar-refractivity contribution in [3.8, 4) is 5.88 Å². The van der Waals surface area contributed by atoms with Gasteiger partial charge in [-0.15, -0.1) is 10.2 Å². The lowest BCUT2D eigenvalue weighted by atomic mass is 10.2. The number of hydrogen-bond acceptors (Lipinski definition) is 5. The summed E-state index contributed by atoms with van der Waals surface area (Å²) in [6.07, 6.45) is -4.73. The maximum atomic E-state index is 12.6. The van der Waals surface area contributed by atoms with Crippen LogP contribution in [0.15, 0.2) is 6.07 Å². The number of methoxy groups -OCH3 is 1. The number of carbonyl (C=O) groups excluding carboxylic acids is 1. The van der Waals surface area contributed by atoms with Crippen LogP contribution in [-0.4, -0.2) is 29.9 Å². The predicted molar refractivity (Wildman–Crippen MR) is 49.5 cm³/mol. The van der Waals surface area contributed by atoms with E-state index in [1.807, 2.05) is 0 Å². The maximum Gasteiger partial charge on any atom is 0.419 e. The molecule has 0 spiro atoms. The Hall–Kier alpha value is -1.86. The van der Waals surface area contributed by atoms with Gasteiger partial charge in [-0.2, -0.15) is 13.2 Å². The Balaban J connectivity index is 3.25. The molecule has 0 amide bonds. The molecule has 0 aliphatic heterocycles. The summed E-state index contributed by atoms with van der Waals surface area (Å²) in [5, 5.41) is 6.47. The molecule has 17 heavy (non-hydrogen) atoms. The second-order valence-corrected chi connectivity index (χ2v) is 2.87. The summed E-state index contributed by atoms with van der Waals surface area (Å²) in [6.45, 7) is 1.42. The maximum absolute atomic E-state index is 12.6. The van der Waals surface area contributed by atoms with E-state index in [2.05, 4.69) is 19.7 Å². The number of carbonyl (C=O) groups is 1. The Morgan fingerprint density at radius 2 is 2.06 bits per heavy atom. The zero-order chi connectivity index (χ0) is 13.1. The minimum absolute atomic E-state index is 0.0517. The number of esters is 1. The first kappa shape index (κ1) is 13.2. The van der Waals surface area contributed by atoms with Crippen LogP contribution in [0.25, 0.3) is 0 Å². The van der Waals surface area contributed by atoms with Crippen LogP contribution in [0.3, 0.4) is 0 Å². The van der Waals surface area contributed by atoms with Crippen LogP contribution in [-0.2, 0) is 10.9 Å². The van der Waals surface area contributed by atoms with E-state index >= 15 is 0 Å². The molecule has 0 atom stereocenters. The second-order valence-electron chi connectivity index (χ2n) is 2.87. The SMILES string of the molecule is CCOC(=O)c1nnc(OC)cc1C(F)(F)F. The molecule has 94 valence electrons. The van der Waals surface area contributed by atoms with Crippen molar-refractivity contribution in [2.24, 2.45) is 0 Å². The third-order valence-electron chi connectivity index (χ3n) is 1.75. The molecule has 0 unspecified atom stereocenters. The van der Waals surface area contributed by atoms with Gasteiger partial charge in [-0.1, -0.05) is 0 Å². The number of halogens is 3. The molecule has 0 saturated heterocycles. The lowest BCUT2D eigenvalue weighted by Gasteiger charge is -2.11. The zero-order valence-electron chi connectivity index (χ0n) is 9.04. The minimum Gasteiger partial charge on any atom is -0.480 e. The molecule has 1 rings (SSSR count). The van der Waals surface area contributed by atoms with E-state index in [0.29, 0.717) is 6.07 Å². The fraction of sp³-hybridized carbons (Fsp3) is 0.444. The van der Waals surface area contributed by atoms with E-state index in [4.69, 9.17) is 0 Å². The average Bonchev–Trinajstić information content (AvgIpc) is 2.27. The minimum atomic E-state index is -4.73. The van der Waals surface area contributed by atoms with Gasteiger partial charge in [0.2, 0.25) is 5.88 Å². The van der Waals surface area contributed by atoms with Crippen molar-refractivity contribution in [3.05, 3.63) is 17.3 Å². The van der Waals surface area contributed by atoms with Crippen molar-refractivity contribution >= 4 is 5.97 Å². The first-order valence-electron chi connectivity index (χ1n) is 4.56. The molecular weight excluding hydrogens is 241 g/mol. The van der Waals surface area contributed by atoms with E-state index in [0.717, 1.165) is 7.11 Å². The lowest BCUT2D eigenvalue weighted by Crippen LogP contribution is -2.18. The fourth-order valence-corrected chi connectivity index (χ4v) is 1.04. The highest BCUT2D eigenvalue weighted by Gasteiger charge is 2.38. The Kier molecular flexibility index (Phi) is 3.87. The highest BCUT2D eigenvalue weighted by Crippen LogP contribution is 2.32. The van der Waals surface area contributed by atoms with Gasteiger partial charge < -0.3 is 9.47 Å². The summed E-state index contributed by atoms with van der Waals surface area (Å²) in [5.74, 6) is -1.50. The Morgan fingerprint density at radius 1 is 1.41 bits per heavy atom. The molecule has 1 aromatic rings. The van der Waals surface area contributed by atoms with Crippen LogP contribution in [0.4, 0.5) is 13.2 Å². The third-order valence-corrected chi connectivity index (χ3v) is 1.75. The van der Waals surface area contributed by atoms with Crippen molar-refractivity contribution in [2.75, 3.05) is 13.7 Å². The molecule has 5 nitrogen and oxygen atoms in total. The van der Waals surface area contributed by atoms with Crippen LogP contribution < -0.4 is 4.74 Å². The van der Waals surface area contributed by atoms with Gasteiger partial charge in [0.25, 0.3) is 0 Å². The normalized spacial score (nSPS) is 11.1.